The smallest absolute Gasteiger partial charge is 0.407 e. The van der Waals surface area contributed by atoms with Gasteiger partial charge >= 0.3 is 12.1 Å². The quantitative estimate of drug-likeness (QED) is 0.352. The van der Waals surface area contributed by atoms with Gasteiger partial charge < -0.3 is 25.0 Å². The van der Waals surface area contributed by atoms with Crippen molar-refractivity contribution in [3.63, 3.8) is 0 Å². The van der Waals surface area contributed by atoms with Crippen molar-refractivity contribution in [2.45, 2.75) is 18.1 Å². The first kappa shape index (κ1) is 23.8. The van der Waals surface area contributed by atoms with Crippen molar-refractivity contribution in [1.29, 1.82) is 0 Å². The second-order valence-corrected chi connectivity index (χ2v) is 8.39. The average molecular weight is 458 g/mol. The standard InChI is InChI=1S/C24H27NO6S/c1-2-11-30-23(28)22(15-32-14-16(27)12-26)25-24(29)31-13-21-19-9-5-3-7-17(19)18-8-4-6-10-20(18)21/h2-10,16,21-22,26-27H,1,11-15H2,(H,25,29)/t16-,22+/m1/s1. The highest BCUT2D eigenvalue weighted by molar-refractivity contribution is 7.99. The number of aliphatic hydroxyl groups excluding tert-OH is 2. The zero-order chi connectivity index (χ0) is 22.9. The molecule has 0 spiro atoms. The molecular weight excluding hydrogens is 430 g/mol. The van der Waals surface area contributed by atoms with Gasteiger partial charge in [0.05, 0.1) is 12.7 Å². The second-order valence-electron chi connectivity index (χ2n) is 7.32. The molecular formula is C24H27NO6S. The number of alkyl carbamates (subject to hydrolysis) is 1. The third kappa shape index (κ3) is 5.91. The van der Waals surface area contributed by atoms with E-state index in [9.17, 15) is 14.7 Å². The Balaban J connectivity index is 1.62. The third-order valence-electron chi connectivity index (χ3n) is 5.07. The molecule has 7 nitrogen and oxygen atoms in total. The van der Waals surface area contributed by atoms with Gasteiger partial charge in [-0.25, -0.2) is 9.59 Å². The Bertz CT molecular complexity index is 904. The van der Waals surface area contributed by atoms with Crippen molar-refractivity contribution in [2.24, 2.45) is 0 Å². The van der Waals surface area contributed by atoms with Crippen molar-refractivity contribution in [3.8, 4) is 11.1 Å². The Morgan fingerprint density at radius 2 is 1.69 bits per heavy atom. The van der Waals surface area contributed by atoms with E-state index in [0.29, 0.717) is 0 Å². The lowest BCUT2D eigenvalue weighted by molar-refractivity contribution is -0.144. The van der Waals surface area contributed by atoms with Crippen molar-refractivity contribution < 1.29 is 29.3 Å². The summed E-state index contributed by atoms with van der Waals surface area (Å²) in [4.78, 5) is 24.8. The summed E-state index contributed by atoms with van der Waals surface area (Å²) in [6, 6.07) is 15.1. The monoisotopic (exact) mass is 457 g/mol. The van der Waals surface area contributed by atoms with Gasteiger partial charge in [-0.05, 0) is 22.3 Å². The number of nitrogens with one attached hydrogen (secondary N) is 1. The van der Waals surface area contributed by atoms with E-state index in [-0.39, 0.29) is 37.2 Å². The number of carbonyl (C=O) groups excluding carboxylic acids is 2. The predicted molar refractivity (Wildman–Crippen MR) is 124 cm³/mol. The minimum Gasteiger partial charge on any atom is -0.460 e. The van der Waals surface area contributed by atoms with Crippen LogP contribution >= 0.6 is 11.8 Å². The van der Waals surface area contributed by atoms with E-state index in [4.69, 9.17) is 14.6 Å². The molecule has 1 aliphatic rings. The zero-order valence-electron chi connectivity index (χ0n) is 17.6. The van der Waals surface area contributed by atoms with E-state index in [1.54, 1.807) is 0 Å². The largest absolute Gasteiger partial charge is 0.460 e. The highest BCUT2D eigenvalue weighted by atomic mass is 32.2. The fourth-order valence-corrected chi connectivity index (χ4v) is 4.54. The fraction of sp³-hybridized carbons (Fsp3) is 0.333. The summed E-state index contributed by atoms with van der Waals surface area (Å²) in [5.74, 6) is -0.330. The molecule has 1 amide bonds. The summed E-state index contributed by atoms with van der Waals surface area (Å²) >= 11 is 1.22. The number of hydrogen-bond donors (Lipinski definition) is 3. The number of fused-ring (bicyclic) bond motifs is 3. The first-order valence-electron chi connectivity index (χ1n) is 10.3. The number of hydrogen-bond acceptors (Lipinski definition) is 7. The van der Waals surface area contributed by atoms with Crippen LogP contribution in [-0.2, 0) is 14.3 Å². The Morgan fingerprint density at radius 1 is 1.06 bits per heavy atom. The van der Waals surface area contributed by atoms with Gasteiger partial charge in [0.1, 0.15) is 19.3 Å². The lowest BCUT2D eigenvalue weighted by Gasteiger charge is -2.19. The van der Waals surface area contributed by atoms with Crippen LogP contribution in [-0.4, -0.2) is 65.7 Å². The maximum Gasteiger partial charge on any atom is 0.407 e. The van der Waals surface area contributed by atoms with Crippen molar-refractivity contribution in [3.05, 3.63) is 72.3 Å². The normalized spacial score (nSPS) is 14.1. The molecule has 0 unspecified atom stereocenters. The van der Waals surface area contributed by atoms with E-state index in [2.05, 4.69) is 24.0 Å². The van der Waals surface area contributed by atoms with Crippen LogP contribution in [0.25, 0.3) is 11.1 Å². The number of esters is 1. The van der Waals surface area contributed by atoms with Crippen LogP contribution in [0, 0.1) is 0 Å². The van der Waals surface area contributed by atoms with Gasteiger partial charge in [-0.1, -0.05) is 61.2 Å². The lowest BCUT2D eigenvalue weighted by Crippen LogP contribution is -2.44. The number of thioether (sulfide) groups is 1. The molecule has 0 aliphatic heterocycles. The number of carbonyl (C=O) groups is 2. The van der Waals surface area contributed by atoms with Crippen LogP contribution in [0.15, 0.2) is 61.2 Å². The predicted octanol–water partition coefficient (Wildman–Crippen LogP) is 2.71. The Kier molecular flexibility index (Phi) is 8.72. The van der Waals surface area contributed by atoms with Crippen LogP contribution in [0.2, 0.25) is 0 Å². The van der Waals surface area contributed by atoms with Crippen LogP contribution in [0.1, 0.15) is 17.0 Å². The Labute approximate surface area is 191 Å². The Morgan fingerprint density at radius 3 is 2.28 bits per heavy atom. The number of ether oxygens (including phenoxy) is 2. The molecule has 0 saturated carbocycles. The number of rotatable bonds is 11. The second kappa shape index (κ2) is 11.7. The highest BCUT2D eigenvalue weighted by Crippen LogP contribution is 2.44. The van der Waals surface area contributed by atoms with Gasteiger partial charge in [0.15, 0.2) is 0 Å². The molecule has 8 heteroatoms. The number of benzene rings is 2. The lowest BCUT2D eigenvalue weighted by atomic mass is 9.98. The average Bonchev–Trinajstić information content (AvgIpc) is 3.14. The SMILES string of the molecule is C=CCOC(=O)[C@H](CSC[C@H](O)CO)NC(=O)OCC1c2ccccc2-c2ccccc21. The van der Waals surface area contributed by atoms with Crippen LogP contribution in [0.5, 0.6) is 0 Å². The summed E-state index contributed by atoms with van der Waals surface area (Å²) in [6.45, 7) is 3.28. The minimum absolute atomic E-state index is 0.0195. The molecule has 2 aromatic carbocycles. The van der Waals surface area contributed by atoms with Gasteiger partial charge in [-0.15, -0.1) is 0 Å². The third-order valence-corrected chi connectivity index (χ3v) is 6.26. The zero-order valence-corrected chi connectivity index (χ0v) is 18.4. The van der Waals surface area contributed by atoms with E-state index < -0.39 is 24.2 Å². The van der Waals surface area contributed by atoms with Gasteiger partial charge in [0.2, 0.25) is 0 Å². The molecule has 3 rings (SSSR count). The minimum atomic E-state index is -0.957. The van der Waals surface area contributed by atoms with E-state index in [0.717, 1.165) is 22.3 Å². The molecule has 0 fully saturated rings. The molecule has 0 bridgehead atoms. The summed E-state index contributed by atoms with van der Waals surface area (Å²) < 4.78 is 10.6. The van der Waals surface area contributed by atoms with Crippen molar-refractivity contribution >= 4 is 23.8 Å². The first-order chi connectivity index (χ1) is 15.5. The molecule has 0 heterocycles. The number of aliphatic hydroxyl groups is 2. The van der Waals surface area contributed by atoms with E-state index in [1.165, 1.54) is 17.8 Å². The van der Waals surface area contributed by atoms with Gasteiger partial charge in [0.25, 0.3) is 0 Å². The van der Waals surface area contributed by atoms with Gasteiger partial charge in [0, 0.05) is 17.4 Å². The molecule has 2 aromatic rings. The van der Waals surface area contributed by atoms with Crippen LogP contribution in [0.3, 0.4) is 0 Å². The maximum atomic E-state index is 12.5. The summed E-state index contributed by atoms with van der Waals surface area (Å²) in [7, 11) is 0. The molecule has 170 valence electrons. The molecule has 0 aromatic heterocycles. The van der Waals surface area contributed by atoms with E-state index in [1.807, 2.05) is 36.4 Å². The molecule has 1 aliphatic carbocycles. The molecule has 32 heavy (non-hydrogen) atoms. The van der Waals surface area contributed by atoms with E-state index >= 15 is 0 Å². The molecule has 0 radical (unpaired) electrons. The number of amides is 1. The fourth-order valence-electron chi connectivity index (χ4n) is 3.57. The Hall–Kier alpha value is -2.81. The van der Waals surface area contributed by atoms with Crippen molar-refractivity contribution in [2.75, 3.05) is 31.3 Å². The summed E-state index contributed by atoms with van der Waals surface area (Å²) in [5, 5.41) is 21.0. The molecule has 2 atom stereocenters. The van der Waals surface area contributed by atoms with Gasteiger partial charge in [-0.2, -0.15) is 11.8 Å². The maximum absolute atomic E-state index is 12.5. The van der Waals surface area contributed by atoms with Gasteiger partial charge in [-0.3, -0.25) is 0 Å². The summed E-state index contributed by atoms with van der Waals surface area (Å²) in [5.41, 5.74) is 4.44. The molecule has 3 N–H and O–H groups in total. The van der Waals surface area contributed by atoms with Crippen LogP contribution in [0.4, 0.5) is 4.79 Å². The topological polar surface area (TPSA) is 105 Å². The van der Waals surface area contributed by atoms with Crippen molar-refractivity contribution in [1.82, 2.24) is 5.32 Å². The van der Waals surface area contributed by atoms with Crippen LogP contribution < -0.4 is 5.32 Å². The summed E-state index contributed by atoms with van der Waals surface area (Å²) in [6.07, 6.45) is -0.194. The molecule has 0 saturated heterocycles. The highest BCUT2D eigenvalue weighted by Gasteiger charge is 2.30. The first-order valence-corrected chi connectivity index (χ1v) is 11.5.